The second-order valence-electron chi connectivity index (χ2n) is 3.08. The molecule has 0 radical (unpaired) electrons. The van der Waals surface area contributed by atoms with Crippen molar-refractivity contribution >= 4 is 27.1 Å². The number of nitrogen functional groups attached to an aromatic ring is 1. The standard InChI is InChI=1S/C9H12ClNO3S/c10-8-6-7(2-3-9(8)11)15(13,14)5-1-4-12/h2-3,6,12H,1,4-5,11H2. The second-order valence-corrected chi connectivity index (χ2v) is 5.60. The van der Waals surface area contributed by atoms with Crippen LogP contribution in [-0.4, -0.2) is 25.9 Å². The lowest BCUT2D eigenvalue weighted by molar-refractivity contribution is 0.295. The quantitative estimate of drug-likeness (QED) is 0.783. The molecule has 0 heterocycles. The smallest absolute Gasteiger partial charge is 0.178 e. The van der Waals surface area contributed by atoms with E-state index in [4.69, 9.17) is 22.4 Å². The van der Waals surface area contributed by atoms with Gasteiger partial charge in [0.1, 0.15) is 0 Å². The molecule has 0 aromatic heterocycles. The highest BCUT2D eigenvalue weighted by Gasteiger charge is 2.14. The summed E-state index contributed by atoms with van der Waals surface area (Å²) >= 11 is 5.72. The number of hydrogen-bond acceptors (Lipinski definition) is 4. The fourth-order valence-corrected chi connectivity index (χ4v) is 2.64. The van der Waals surface area contributed by atoms with E-state index >= 15 is 0 Å². The highest BCUT2D eigenvalue weighted by atomic mass is 35.5. The molecule has 1 aromatic rings. The van der Waals surface area contributed by atoms with Gasteiger partial charge in [-0.2, -0.15) is 0 Å². The first kappa shape index (κ1) is 12.3. The third kappa shape index (κ3) is 3.09. The number of rotatable bonds is 4. The molecule has 0 bridgehead atoms. The molecule has 0 aliphatic heterocycles. The maximum absolute atomic E-state index is 11.6. The van der Waals surface area contributed by atoms with Crippen molar-refractivity contribution in [3.05, 3.63) is 23.2 Å². The van der Waals surface area contributed by atoms with Crippen LogP contribution in [0, 0.1) is 0 Å². The van der Waals surface area contributed by atoms with Crippen molar-refractivity contribution in [3.63, 3.8) is 0 Å². The molecule has 0 aliphatic carbocycles. The number of benzene rings is 1. The largest absolute Gasteiger partial charge is 0.398 e. The minimum atomic E-state index is -3.36. The Morgan fingerprint density at radius 1 is 1.40 bits per heavy atom. The molecule has 3 N–H and O–H groups in total. The monoisotopic (exact) mass is 249 g/mol. The van der Waals surface area contributed by atoms with Gasteiger partial charge in [0.2, 0.25) is 0 Å². The Morgan fingerprint density at radius 3 is 2.60 bits per heavy atom. The maximum Gasteiger partial charge on any atom is 0.178 e. The first-order chi connectivity index (χ1) is 6.97. The van der Waals surface area contributed by atoms with Crippen LogP contribution < -0.4 is 5.73 Å². The summed E-state index contributed by atoms with van der Waals surface area (Å²) in [5, 5.41) is 8.79. The van der Waals surface area contributed by atoms with Gasteiger partial charge in [0.25, 0.3) is 0 Å². The molecule has 6 heteroatoms. The molecule has 84 valence electrons. The van der Waals surface area contributed by atoms with Crippen LogP contribution in [0.4, 0.5) is 5.69 Å². The minimum Gasteiger partial charge on any atom is -0.398 e. The molecule has 0 saturated carbocycles. The van der Waals surface area contributed by atoms with Crippen molar-refractivity contribution in [2.45, 2.75) is 11.3 Å². The summed E-state index contributed by atoms with van der Waals surface area (Å²) in [5.41, 5.74) is 5.81. The van der Waals surface area contributed by atoms with Gasteiger partial charge in [0.15, 0.2) is 9.84 Å². The summed E-state index contributed by atoms with van der Waals surface area (Å²) in [6.07, 6.45) is 0.213. The van der Waals surface area contributed by atoms with Gasteiger partial charge >= 0.3 is 0 Å². The summed E-state index contributed by atoms with van der Waals surface area (Å²) in [6.45, 7) is -0.151. The van der Waals surface area contributed by atoms with E-state index in [1.807, 2.05) is 0 Å². The van der Waals surface area contributed by atoms with Gasteiger partial charge in [-0.3, -0.25) is 0 Å². The van der Waals surface area contributed by atoms with Crippen LogP contribution in [0.2, 0.25) is 5.02 Å². The fourth-order valence-electron chi connectivity index (χ4n) is 1.07. The highest BCUT2D eigenvalue weighted by Crippen LogP contribution is 2.23. The molecule has 0 amide bonds. The number of hydrogen-bond donors (Lipinski definition) is 2. The molecule has 1 rings (SSSR count). The van der Waals surface area contributed by atoms with Crippen molar-refractivity contribution in [2.24, 2.45) is 0 Å². The van der Waals surface area contributed by atoms with Gasteiger partial charge in [-0.15, -0.1) is 0 Å². The normalized spacial score (nSPS) is 11.6. The number of aliphatic hydroxyl groups is 1. The van der Waals surface area contributed by atoms with Crippen LogP contribution in [0.3, 0.4) is 0 Å². The third-order valence-corrected chi connectivity index (χ3v) is 4.03. The van der Waals surface area contributed by atoms with E-state index in [0.29, 0.717) is 5.69 Å². The van der Waals surface area contributed by atoms with E-state index in [1.54, 1.807) is 0 Å². The van der Waals surface area contributed by atoms with E-state index < -0.39 is 9.84 Å². The average Bonchev–Trinajstić information content (AvgIpc) is 2.19. The first-order valence-corrected chi connectivity index (χ1v) is 6.39. The van der Waals surface area contributed by atoms with Crippen molar-refractivity contribution in [1.29, 1.82) is 0 Å². The predicted molar refractivity (Wildman–Crippen MR) is 59.6 cm³/mol. The van der Waals surface area contributed by atoms with Gasteiger partial charge in [-0.1, -0.05) is 11.6 Å². The molecule has 4 nitrogen and oxygen atoms in total. The Labute approximate surface area is 93.6 Å². The molecule has 0 spiro atoms. The van der Waals surface area contributed by atoms with Crippen molar-refractivity contribution in [3.8, 4) is 0 Å². The van der Waals surface area contributed by atoms with Crippen molar-refractivity contribution in [1.82, 2.24) is 0 Å². The summed E-state index contributed by atoms with van der Waals surface area (Å²) in [5.74, 6) is -0.0935. The fraction of sp³-hybridized carbons (Fsp3) is 0.333. The molecule has 0 unspecified atom stereocenters. The molecule has 0 saturated heterocycles. The highest BCUT2D eigenvalue weighted by molar-refractivity contribution is 7.91. The zero-order valence-electron chi connectivity index (χ0n) is 7.98. The molecular weight excluding hydrogens is 238 g/mol. The Hall–Kier alpha value is -0.780. The second kappa shape index (κ2) is 4.83. The Balaban J connectivity index is 3.00. The van der Waals surface area contributed by atoms with Gasteiger partial charge in [0.05, 0.1) is 21.4 Å². The molecule has 0 atom stereocenters. The molecule has 1 aromatic carbocycles. The first-order valence-electron chi connectivity index (χ1n) is 4.36. The number of aliphatic hydroxyl groups excluding tert-OH is 1. The van der Waals surface area contributed by atoms with Crippen LogP contribution in [0.25, 0.3) is 0 Å². The van der Waals surface area contributed by atoms with E-state index in [0.717, 1.165) is 0 Å². The van der Waals surface area contributed by atoms with E-state index in [2.05, 4.69) is 0 Å². The SMILES string of the molecule is Nc1ccc(S(=O)(=O)CCCO)cc1Cl. The summed E-state index contributed by atoms with van der Waals surface area (Å²) in [4.78, 5) is 0.134. The molecule has 0 aliphatic rings. The lowest BCUT2D eigenvalue weighted by atomic mass is 10.3. The van der Waals surface area contributed by atoms with E-state index in [1.165, 1.54) is 18.2 Å². The lowest BCUT2D eigenvalue weighted by Gasteiger charge is -2.05. The van der Waals surface area contributed by atoms with Crippen molar-refractivity contribution < 1.29 is 13.5 Å². The van der Waals surface area contributed by atoms with Gasteiger partial charge in [-0.05, 0) is 24.6 Å². The Bertz CT molecular complexity index is 445. The zero-order chi connectivity index (χ0) is 11.5. The predicted octanol–water partition coefficient (Wildman–Crippen LogP) is 1.08. The summed E-state index contributed by atoms with van der Waals surface area (Å²) < 4.78 is 23.3. The van der Waals surface area contributed by atoms with Crippen LogP contribution in [0.1, 0.15) is 6.42 Å². The molecule has 15 heavy (non-hydrogen) atoms. The number of nitrogens with two attached hydrogens (primary N) is 1. The van der Waals surface area contributed by atoms with E-state index in [9.17, 15) is 8.42 Å². The maximum atomic E-state index is 11.6. The van der Waals surface area contributed by atoms with Gasteiger partial charge in [0, 0.05) is 6.61 Å². The van der Waals surface area contributed by atoms with Crippen LogP contribution in [0.5, 0.6) is 0 Å². The average molecular weight is 250 g/mol. The minimum absolute atomic E-state index is 0.0935. The lowest BCUT2D eigenvalue weighted by Crippen LogP contribution is -2.08. The molecular formula is C9H12ClNO3S. The number of halogens is 1. The number of anilines is 1. The third-order valence-electron chi connectivity index (χ3n) is 1.90. The molecule has 0 fully saturated rings. The van der Waals surface area contributed by atoms with Crippen LogP contribution in [0.15, 0.2) is 23.1 Å². The van der Waals surface area contributed by atoms with Crippen LogP contribution >= 0.6 is 11.6 Å². The van der Waals surface area contributed by atoms with E-state index in [-0.39, 0.29) is 28.7 Å². The zero-order valence-corrected chi connectivity index (χ0v) is 9.55. The van der Waals surface area contributed by atoms with Crippen molar-refractivity contribution in [2.75, 3.05) is 18.1 Å². The number of sulfone groups is 1. The van der Waals surface area contributed by atoms with Gasteiger partial charge < -0.3 is 10.8 Å². The Morgan fingerprint density at radius 2 is 2.07 bits per heavy atom. The summed E-state index contributed by atoms with van der Waals surface area (Å²) in [6, 6.07) is 4.19. The van der Waals surface area contributed by atoms with Crippen LogP contribution in [-0.2, 0) is 9.84 Å². The van der Waals surface area contributed by atoms with Gasteiger partial charge in [-0.25, -0.2) is 8.42 Å². The topological polar surface area (TPSA) is 80.4 Å². The summed E-state index contributed by atoms with van der Waals surface area (Å²) in [7, 11) is -3.36. The Kier molecular flexibility index (Phi) is 3.96.